The molecule has 30 heavy (non-hydrogen) atoms. The molecule has 6 rings (SSSR count). The Morgan fingerprint density at radius 2 is 1.20 bits per heavy atom. The maximum atomic E-state index is 6.07. The van der Waals surface area contributed by atoms with Gasteiger partial charge in [-0.25, -0.2) is 0 Å². The van der Waals surface area contributed by atoms with Gasteiger partial charge in [0.25, 0.3) is 0 Å². The van der Waals surface area contributed by atoms with Crippen molar-refractivity contribution in [2.45, 2.75) is 6.42 Å². The van der Waals surface area contributed by atoms with E-state index in [-0.39, 0.29) is 0 Å². The van der Waals surface area contributed by atoms with E-state index in [0.29, 0.717) is 0 Å². The summed E-state index contributed by atoms with van der Waals surface area (Å²) in [5.41, 5.74) is 7.04. The van der Waals surface area contributed by atoms with E-state index in [0.717, 1.165) is 17.6 Å². The van der Waals surface area contributed by atoms with Crippen molar-refractivity contribution in [3.05, 3.63) is 120 Å². The van der Waals surface area contributed by atoms with E-state index in [4.69, 9.17) is 4.42 Å². The number of hydrogen-bond acceptors (Lipinski definition) is 1. The van der Waals surface area contributed by atoms with E-state index in [2.05, 4.69) is 97.1 Å². The molecule has 1 heterocycles. The van der Waals surface area contributed by atoms with E-state index in [1.807, 2.05) is 12.1 Å². The van der Waals surface area contributed by atoms with E-state index < -0.39 is 0 Å². The fraction of sp³-hybridized carbons (Fsp3) is 0.0345. The summed E-state index contributed by atoms with van der Waals surface area (Å²) in [6.45, 7) is 0. The Labute approximate surface area is 175 Å². The van der Waals surface area contributed by atoms with Crippen LogP contribution in [0.25, 0.3) is 43.8 Å². The van der Waals surface area contributed by atoms with Crippen LogP contribution in [-0.4, -0.2) is 0 Å². The number of benzene rings is 5. The van der Waals surface area contributed by atoms with Crippen molar-refractivity contribution in [3.8, 4) is 11.1 Å². The first-order valence-corrected chi connectivity index (χ1v) is 10.3. The van der Waals surface area contributed by atoms with Gasteiger partial charge in [0.15, 0.2) is 0 Å². The van der Waals surface area contributed by atoms with E-state index >= 15 is 0 Å². The monoisotopic (exact) mass is 384 g/mol. The highest BCUT2D eigenvalue weighted by molar-refractivity contribution is 6.18. The molecular formula is C29H20O. The summed E-state index contributed by atoms with van der Waals surface area (Å²) in [6.07, 6.45) is 0.914. The smallest absolute Gasteiger partial charge is 0.136 e. The summed E-state index contributed by atoms with van der Waals surface area (Å²) in [5.74, 6) is 0. The van der Waals surface area contributed by atoms with Gasteiger partial charge in [0.1, 0.15) is 11.2 Å². The molecule has 0 bridgehead atoms. The van der Waals surface area contributed by atoms with Crippen LogP contribution in [0.5, 0.6) is 0 Å². The Bertz CT molecular complexity index is 1490. The fourth-order valence-electron chi connectivity index (χ4n) is 4.38. The average Bonchev–Trinajstić information content (AvgIpc) is 3.19. The van der Waals surface area contributed by atoms with E-state index in [1.165, 1.54) is 43.8 Å². The average molecular weight is 384 g/mol. The molecule has 0 atom stereocenters. The lowest BCUT2D eigenvalue weighted by atomic mass is 9.97. The highest BCUT2D eigenvalue weighted by atomic mass is 16.3. The zero-order chi connectivity index (χ0) is 19.9. The molecule has 5 aromatic carbocycles. The third-order valence-electron chi connectivity index (χ3n) is 5.89. The first-order chi connectivity index (χ1) is 14.8. The zero-order valence-electron chi connectivity index (χ0n) is 16.5. The van der Waals surface area contributed by atoms with Crippen molar-refractivity contribution in [1.29, 1.82) is 0 Å². The molecule has 0 saturated carbocycles. The molecule has 1 heteroatoms. The van der Waals surface area contributed by atoms with Gasteiger partial charge in [-0.15, -0.1) is 0 Å². The third kappa shape index (κ3) is 2.87. The maximum Gasteiger partial charge on any atom is 0.136 e. The van der Waals surface area contributed by atoms with Gasteiger partial charge in [-0.3, -0.25) is 0 Å². The van der Waals surface area contributed by atoms with E-state index in [9.17, 15) is 0 Å². The summed E-state index contributed by atoms with van der Waals surface area (Å²) >= 11 is 0. The Hall–Kier alpha value is -3.84. The first kappa shape index (κ1) is 17.1. The predicted molar refractivity (Wildman–Crippen MR) is 126 cm³/mol. The topological polar surface area (TPSA) is 13.1 Å². The minimum Gasteiger partial charge on any atom is -0.456 e. The summed E-state index contributed by atoms with van der Waals surface area (Å²) in [7, 11) is 0. The molecular weight excluding hydrogens is 364 g/mol. The Kier molecular flexibility index (Phi) is 3.92. The standard InChI is InChI=1S/C29H20O/c1-2-6-22(7-3-1)23-13-10-20(11-14-23)18-21-12-15-24-16-17-28-29(26(24)19-21)25-8-4-5-9-27(25)30-28/h1-17,19H,18H2. The molecule has 0 unspecified atom stereocenters. The minimum atomic E-state index is 0.914. The fourth-order valence-corrected chi connectivity index (χ4v) is 4.38. The molecule has 0 N–H and O–H groups in total. The SMILES string of the molecule is c1ccc(-c2ccc(Cc3ccc4ccc5oc6ccccc6c5c4c3)cc2)cc1. The van der Waals surface area contributed by atoms with Crippen molar-refractivity contribution < 1.29 is 4.42 Å². The predicted octanol–water partition coefficient (Wildman–Crippen LogP) is 8.00. The molecule has 0 aliphatic heterocycles. The van der Waals surface area contributed by atoms with Gasteiger partial charge < -0.3 is 4.42 Å². The largest absolute Gasteiger partial charge is 0.456 e. The second kappa shape index (κ2) is 6.89. The van der Waals surface area contributed by atoms with Crippen LogP contribution >= 0.6 is 0 Å². The van der Waals surface area contributed by atoms with Gasteiger partial charge in [-0.2, -0.15) is 0 Å². The molecule has 0 aliphatic carbocycles. The van der Waals surface area contributed by atoms with Crippen LogP contribution in [0.15, 0.2) is 114 Å². The molecule has 0 radical (unpaired) electrons. The van der Waals surface area contributed by atoms with Crippen LogP contribution in [0.3, 0.4) is 0 Å². The van der Waals surface area contributed by atoms with Gasteiger partial charge in [0, 0.05) is 10.8 Å². The van der Waals surface area contributed by atoms with Gasteiger partial charge in [-0.1, -0.05) is 97.1 Å². The van der Waals surface area contributed by atoms with Crippen molar-refractivity contribution in [3.63, 3.8) is 0 Å². The number of hydrogen-bond donors (Lipinski definition) is 0. The van der Waals surface area contributed by atoms with Gasteiger partial charge in [0.05, 0.1) is 0 Å². The van der Waals surface area contributed by atoms with Crippen LogP contribution in [0.1, 0.15) is 11.1 Å². The Morgan fingerprint density at radius 1 is 0.500 bits per heavy atom. The zero-order valence-corrected chi connectivity index (χ0v) is 16.5. The van der Waals surface area contributed by atoms with Crippen molar-refractivity contribution in [2.24, 2.45) is 0 Å². The molecule has 0 spiro atoms. The lowest BCUT2D eigenvalue weighted by Crippen LogP contribution is -1.89. The van der Waals surface area contributed by atoms with Crippen molar-refractivity contribution in [1.82, 2.24) is 0 Å². The van der Waals surface area contributed by atoms with Crippen LogP contribution in [0, 0.1) is 0 Å². The molecule has 0 saturated heterocycles. The highest BCUT2D eigenvalue weighted by Gasteiger charge is 2.10. The van der Waals surface area contributed by atoms with E-state index in [1.54, 1.807) is 0 Å². The van der Waals surface area contributed by atoms with Gasteiger partial charge in [-0.05, 0) is 51.6 Å². The molecule has 6 aromatic rings. The van der Waals surface area contributed by atoms with Crippen LogP contribution < -0.4 is 0 Å². The molecule has 1 aromatic heterocycles. The normalized spacial score (nSPS) is 11.5. The van der Waals surface area contributed by atoms with Crippen LogP contribution in [0.4, 0.5) is 0 Å². The first-order valence-electron chi connectivity index (χ1n) is 10.3. The second-order valence-corrected chi connectivity index (χ2v) is 7.83. The molecule has 142 valence electrons. The number of rotatable bonds is 3. The van der Waals surface area contributed by atoms with Crippen molar-refractivity contribution >= 4 is 32.7 Å². The summed E-state index contributed by atoms with van der Waals surface area (Å²) in [6, 6.07) is 38.7. The minimum absolute atomic E-state index is 0.914. The second-order valence-electron chi connectivity index (χ2n) is 7.83. The van der Waals surface area contributed by atoms with Crippen molar-refractivity contribution in [2.75, 3.05) is 0 Å². The lowest BCUT2D eigenvalue weighted by molar-refractivity contribution is 0.669. The highest BCUT2D eigenvalue weighted by Crippen LogP contribution is 2.35. The summed E-state index contributed by atoms with van der Waals surface area (Å²) in [4.78, 5) is 0. The van der Waals surface area contributed by atoms with Crippen LogP contribution in [0.2, 0.25) is 0 Å². The molecule has 0 amide bonds. The van der Waals surface area contributed by atoms with Gasteiger partial charge in [0.2, 0.25) is 0 Å². The van der Waals surface area contributed by atoms with Gasteiger partial charge >= 0.3 is 0 Å². The Morgan fingerprint density at radius 3 is 2.07 bits per heavy atom. The quantitative estimate of drug-likeness (QED) is 0.301. The molecule has 0 fully saturated rings. The molecule has 0 aliphatic rings. The summed E-state index contributed by atoms with van der Waals surface area (Å²) in [5, 5.41) is 4.90. The Balaban J connectivity index is 1.40. The molecule has 1 nitrogen and oxygen atoms in total. The third-order valence-corrected chi connectivity index (χ3v) is 5.89. The van der Waals surface area contributed by atoms with Crippen LogP contribution in [-0.2, 0) is 6.42 Å². The maximum absolute atomic E-state index is 6.07. The number of furan rings is 1. The lowest BCUT2D eigenvalue weighted by Gasteiger charge is -2.07. The number of para-hydroxylation sites is 1. The summed E-state index contributed by atoms with van der Waals surface area (Å²) < 4.78 is 6.07. The number of fused-ring (bicyclic) bond motifs is 5.